The molecule has 0 aliphatic rings. The summed E-state index contributed by atoms with van der Waals surface area (Å²) in [7, 11) is -0.632. The Labute approximate surface area is 85.7 Å². The van der Waals surface area contributed by atoms with Crippen molar-refractivity contribution in [2.75, 3.05) is 32.2 Å². The monoisotopic (exact) mass is 220 g/mol. The molecule has 0 heterocycles. The summed E-state index contributed by atoms with van der Waals surface area (Å²) < 4.78 is 9.56. The quantitative estimate of drug-likeness (QED) is 0.499. The van der Waals surface area contributed by atoms with Crippen molar-refractivity contribution in [2.24, 2.45) is 0 Å². The summed E-state index contributed by atoms with van der Waals surface area (Å²) >= 11 is 0. The topological polar surface area (TPSA) is 52.6 Å². The van der Waals surface area contributed by atoms with Crippen molar-refractivity contribution in [3.8, 4) is 0 Å². The van der Waals surface area contributed by atoms with E-state index in [-0.39, 0.29) is 11.9 Å². The van der Waals surface area contributed by atoms with Crippen LogP contribution in [0.15, 0.2) is 0 Å². The minimum atomic E-state index is -0.632. The molecule has 0 aliphatic heterocycles. The first-order valence-corrected chi connectivity index (χ1v) is 6.75. The molecule has 0 aromatic carbocycles. The average molecular weight is 220 g/mol. The summed E-state index contributed by atoms with van der Waals surface area (Å²) in [6, 6.07) is 0. The highest BCUT2D eigenvalue weighted by Crippen LogP contribution is 2.29. The molecular weight excluding hydrogens is 203 g/mol. The lowest BCUT2D eigenvalue weighted by molar-refractivity contribution is -0.140. The molecule has 0 saturated heterocycles. The fourth-order valence-corrected chi connectivity index (χ4v) is 2.09. The number of hydrogen-bond donors (Lipinski definition) is 0. The molecule has 0 radical (unpaired) electrons. The molecule has 4 nitrogen and oxygen atoms in total. The molecule has 0 spiro atoms. The maximum atomic E-state index is 11.0. The second-order valence-corrected chi connectivity index (χ2v) is 5.13. The molecule has 0 fully saturated rings. The molecule has 0 saturated carbocycles. The zero-order chi connectivity index (χ0) is 11.0. The second-order valence-electron chi connectivity index (χ2n) is 2.78. The number of carbonyl (C=O) groups is 2. The van der Waals surface area contributed by atoms with Crippen LogP contribution in [0.4, 0.5) is 0 Å². The van der Waals surface area contributed by atoms with E-state index in [9.17, 15) is 9.59 Å². The first kappa shape index (κ1) is 13.4. The van der Waals surface area contributed by atoms with Crippen molar-refractivity contribution in [3.05, 3.63) is 0 Å². The van der Waals surface area contributed by atoms with Gasteiger partial charge in [-0.3, -0.25) is 9.59 Å². The molecule has 0 amide bonds. The standard InChI is InChI=1S/C9H17O4P/c1-4-12-8(10)6-14(3)7-9(11)13-5-2/h4-7H2,1-3H3. The van der Waals surface area contributed by atoms with E-state index in [1.807, 2.05) is 6.66 Å². The normalized spacial score (nSPS) is 10.0. The van der Waals surface area contributed by atoms with Crippen LogP contribution < -0.4 is 0 Å². The first-order valence-electron chi connectivity index (χ1n) is 4.59. The van der Waals surface area contributed by atoms with Gasteiger partial charge in [0, 0.05) is 0 Å². The Morgan fingerprint density at radius 1 is 1.00 bits per heavy atom. The van der Waals surface area contributed by atoms with E-state index < -0.39 is 7.92 Å². The lowest BCUT2D eigenvalue weighted by Crippen LogP contribution is -2.13. The third-order valence-electron chi connectivity index (χ3n) is 1.41. The molecule has 0 N–H and O–H groups in total. The van der Waals surface area contributed by atoms with E-state index in [0.29, 0.717) is 25.5 Å². The maximum Gasteiger partial charge on any atom is 0.310 e. The van der Waals surface area contributed by atoms with Crippen LogP contribution in [0, 0.1) is 0 Å². The van der Waals surface area contributed by atoms with Crippen LogP contribution in [0.25, 0.3) is 0 Å². The van der Waals surface area contributed by atoms with Crippen molar-refractivity contribution < 1.29 is 19.1 Å². The maximum absolute atomic E-state index is 11.0. The molecular formula is C9H17O4P. The molecule has 0 rings (SSSR count). The van der Waals surface area contributed by atoms with E-state index in [4.69, 9.17) is 9.47 Å². The summed E-state index contributed by atoms with van der Waals surface area (Å²) in [5.41, 5.74) is 0. The Balaban J connectivity index is 3.68. The van der Waals surface area contributed by atoms with Gasteiger partial charge in [-0.25, -0.2) is 0 Å². The lowest BCUT2D eigenvalue weighted by Gasteiger charge is -2.10. The summed E-state index contributed by atoms with van der Waals surface area (Å²) in [5, 5.41) is 0. The van der Waals surface area contributed by atoms with Crippen LogP contribution in [-0.4, -0.2) is 44.1 Å². The van der Waals surface area contributed by atoms with Gasteiger partial charge in [0.25, 0.3) is 0 Å². The summed E-state index contributed by atoms with van der Waals surface area (Å²) in [5.74, 6) is -0.462. The molecule has 14 heavy (non-hydrogen) atoms. The van der Waals surface area contributed by atoms with Gasteiger partial charge in [-0.2, -0.15) is 0 Å². The van der Waals surface area contributed by atoms with Gasteiger partial charge in [0.1, 0.15) is 0 Å². The highest BCUT2D eigenvalue weighted by Gasteiger charge is 2.13. The Bertz CT molecular complexity index is 173. The smallest absolute Gasteiger partial charge is 0.310 e. The molecule has 0 aromatic heterocycles. The molecule has 0 aliphatic carbocycles. The predicted molar refractivity (Wildman–Crippen MR) is 55.8 cm³/mol. The highest BCUT2D eigenvalue weighted by molar-refractivity contribution is 7.58. The van der Waals surface area contributed by atoms with Gasteiger partial charge in [-0.15, -0.1) is 0 Å². The Morgan fingerprint density at radius 3 is 1.64 bits per heavy atom. The third-order valence-corrected chi connectivity index (χ3v) is 3.00. The van der Waals surface area contributed by atoms with Gasteiger partial charge in [0.2, 0.25) is 0 Å². The van der Waals surface area contributed by atoms with E-state index in [1.165, 1.54) is 0 Å². The zero-order valence-corrected chi connectivity index (χ0v) is 9.80. The van der Waals surface area contributed by atoms with Crippen molar-refractivity contribution in [1.29, 1.82) is 0 Å². The van der Waals surface area contributed by atoms with E-state index in [0.717, 1.165) is 0 Å². The van der Waals surface area contributed by atoms with E-state index in [1.54, 1.807) is 13.8 Å². The summed E-state index contributed by atoms with van der Waals surface area (Å²) in [6.45, 7) is 6.20. The van der Waals surface area contributed by atoms with Gasteiger partial charge in [0.15, 0.2) is 0 Å². The van der Waals surface area contributed by atoms with Gasteiger partial charge in [-0.1, -0.05) is 7.92 Å². The van der Waals surface area contributed by atoms with Crippen LogP contribution >= 0.6 is 7.92 Å². The Kier molecular flexibility index (Phi) is 7.40. The van der Waals surface area contributed by atoms with Crippen LogP contribution in [0.2, 0.25) is 0 Å². The zero-order valence-electron chi connectivity index (χ0n) is 8.91. The number of rotatable bonds is 6. The van der Waals surface area contributed by atoms with Crippen LogP contribution in [0.1, 0.15) is 13.8 Å². The van der Waals surface area contributed by atoms with Crippen molar-refractivity contribution in [1.82, 2.24) is 0 Å². The molecule has 0 atom stereocenters. The number of ether oxygens (including phenoxy) is 2. The fourth-order valence-electron chi connectivity index (χ4n) is 0.910. The van der Waals surface area contributed by atoms with Crippen molar-refractivity contribution in [2.45, 2.75) is 13.8 Å². The van der Waals surface area contributed by atoms with Gasteiger partial charge >= 0.3 is 11.9 Å². The van der Waals surface area contributed by atoms with Crippen molar-refractivity contribution >= 4 is 19.9 Å². The van der Waals surface area contributed by atoms with Crippen LogP contribution in [-0.2, 0) is 19.1 Å². The minimum Gasteiger partial charge on any atom is -0.466 e. The SMILES string of the molecule is CCOC(=O)CP(C)CC(=O)OCC. The number of carbonyl (C=O) groups excluding carboxylic acids is 2. The van der Waals surface area contributed by atoms with Crippen molar-refractivity contribution in [3.63, 3.8) is 0 Å². The van der Waals surface area contributed by atoms with Gasteiger partial charge < -0.3 is 9.47 Å². The number of hydrogen-bond acceptors (Lipinski definition) is 4. The summed E-state index contributed by atoms with van der Waals surface area (Å²) in [6.07, 6.45) is 0.671. The Hall–Kier alpha value is -0.630. The second kappa shape index (κ2) is 7.74. The Morgan fingerprint density at radius 2 is 1.36 bits per heavy atom. The third kappa shape index (κ3) is 6.84. The highest BCUT2D eigenvalue weighted by atomic mass is 31.1. The lowest BCUT2D eigenvalue weighted by atomic mass is 10.7. The van der Waals surface area contributed by atoms with Gasteiger partial charge in [0.05, 0.1) is 25.5 Å². The van der Waals surface area contributed by atoms with Crippen LogP contribution in [0.5, 0.6) is 0 Å². The molecule has 0 bridgehead atoms. The largest absolute Gasteiger partial charge is 0.466 e. The molecule has 5 heteroatoms. The van der Waals surface area contributed by atoms with E-state index in [2.05, 4.69) is 0 Å². The minimum absolute atomic E-state index is 0.231. The summed E-state index contributed by atoms with van der Waals surface area (Å²) in [4.78, 5) is 22.1. The number of esters is 2. The molecule has 0 unspecified atom stereocenters. The fraction of sp³-hybridized carbons (Fsp3) is 0.778. The van der Waals surface area contributed by atoms with E-state index >= 15 is 0 Å². The average Bonchev–Trinajstić information content (AvgIpc) is 2.03. The molecule has 0 aromatic rings. The van der Waals surface area contributed by atoms with Gasteiger partial charge in [-0.05, 0) is 20.5 Å². The van der Waals surface area contributed by atoms with Crippen LogP contribution in [0.3, 0.4) is 0 Å². The first-order chi connectivity index (χ1) is 6.60. The molecule has 82 valence electrons. The predicted octanol–water partition coefficient (Wildman–Crippen LogP) is 1.22.